The summed E-state index contributed by atoms with van der Waals surface area (Å²) >= 11 is 0. The lowest BCUT2D eigenvalue weighted by atomic mass is 10.1. The quantitative estimate of drug-likeness (QED) is 0.775. The van der Waals surface area contributed by atoms with Gasteiger partial charge in [0.1, 0.15) is 5.82 Å². The summed E-state index contributed by atoms with van der Waals surface area (Å²) in [4.78, 5) is 4.31. The Morgan fingerprint density at radius 2 is 2.23 bits per heavy atom. The molecule has 1 aromatic heterocycles. The average Bonchev–Trinajstić information content (AvgIpc) is 2.43. The molecule has 2 N–H and O–H groups in total. The van der Waals surface area contributed by atoms with Gasteiger partial charge in [0.05, 0.1) is 12.0 Å². The molecule has 0 saturated carbocycles. The van der Waals surface area contributed by atoms with Crippen LogP contribution in [0.3, 0.4) is 0 Å². The first-order valence-electron chi connectivity index (χ1n) is 4.97. The Labute approximate surface area is 80.0 Å². The van der Waals surface area contributed by atoms with Crippen molar-refractivity contribution < 1.29 is 0 Å². The first-order chi connectivity index (χ1) is 6.16. The molecule has 0 amide bonds. The number of aromatic nitrogens is 2. The van der Waals surface area contributed by atoms with Crippen LogP contribution in [0.1, 0.15) is 45.2 Å². The zero-order chi connectivity index (χ0) is 9.84. The van der Waals surface area contributed by atoms with E-state index in [1.807, 2.05) is 10.9 Å². The molecule has 0 aliphatic carbocycles. The SMILES string of the molecule is CCCCn1cnc(C(C)C)c1N. The summed E-state index contributed by atoms with van der Waals surface area (Å²) in [5.41, 5.74) is 6.97. The molecule has 0 bridgehead atoms. The van der Waals surface area contributed by atoms with Crippen molar-refractivity contribution in [2.75, 3.05) is 5.73 Å². The standard InChI is InChI=1S/C10H19N3/c1-4-5-6-13-7-12-9(8(2)3)10(13)11/h7-8H,4-6,11H2,1-3H3. The van der Waals surface area contributed by atoms with Gasteiger partial charge in [0.15, 0.2) is 0 Å². The Bertz CT molecular complexity index is 263. The molecule has 0 saturated heterocycles. The predicted octanol–water partition coefficient (Wildman–Crippen LogP) is 2.39. The highest BCUT2D eigenvalue weighted by Gasteiger charge is 2.09. The van der Waals surface area contributed by atoms with E-state index in [2.05, 4.69) is 25.8 Å². The summed E-state index contributed by atoms with van der Waals surface area (Å²) in [5.74, 6) is 1.26. The zero-order valence-corrected chi connectivity index (χ0v) is 8.75. The number of hydrogen-bond donors (Lipinski definition) is 1. The molecule has 0 unspecified atom stereocenters. The molecule has 13 heavy (non-hydrogen) atoms. The number of nitrogens with two attached hydrogens (primary N) is 1. The van der Waals surface area contributed by atoms with Gasteiger partial charge in [-0.15, -0.1) is 0 Å². The van der Waals surface area contributed by atoms with Gasteiger partial charge in [-0.25, -0.2) is 4.98 Å². The fourth-order valence-electron chi connectivity index (χ4n) is 1.36. The van der Waals surface area contributed by atoms with E-state index < -0.39 is 0 Å². The van der Waals surface area contributed by atoms with Crippen molar-refractivity contribution in [2.24, 2.45) is 0 Å². The van der Waals surface area contributed by atoms with Crippen molar-refractivity contribution in [3.63, 3.8) is 0 Å². The first kappa shape index (κ1) is 10.1. The summed E-state index contributed by atoms with van der Waals surface area (Å²) < 4.78 is 2.04. The molecule has 0 atom stereocenters. The number of nitrogens with zero attached hydrogens (tertiary/aromatic N) is 2. The number of unbranched alkanes of at least 4 members (excludes halogenated alkanes) is 1. The fourth-order valence-corrected chi connectivity index (χ4v) is 1.36. The largest absolute Gasteiger partial charge is 0.384 e. The molecule has 3 heteroatoms. The van der Waals surface area contributed by atoms with Gasteiger partial charge >= 0.3 is 0 Å². The van der Waals surface area contributed by atoms with Crippen LogP contribution >= 0.6 is 0 Å². The molecule has 0 radical (unpaired) electrons. The maximum absolute atomic E-state index is 5.95. The van der Waals surface area contributed by atoms with Crippen molar-refractivity contribution in [1.29, 1.82) is 0 Å². The minimum atomic E-state index is 0.419. The third kappa shape index (κ3) is 2.23. The highest BCUT2D eigenvalue weighted by atomic mass is 15.1. The highest BCUT2D eigenvalue weighted by Crippen LogP contribution is 2.19. The van der Waals surface area contributed by atoms with Crippen LogP contribution < -0.4 is 5.73 Å². The Kier molecular flexibility index (Phi) is 3.34. The molecule has 0 spiro atoms. The van der Waals surface area contributed by atoms with E-state index >= 15 is 0 Å². The average molecular weight is 181 g/mol. The number of imidazole rings is 1. The van der Waals surface area contributed by atoms with Gasteiger partial charge in [0, 0.05) is 6.54 Å². The van der Waals surface area contributed by atoms with Crippen molar-refractivity contribution in [2.45, 2.75) is 46.1 Å². The summed E-state index contributed by atoms with van der Waals surface area (Å²) in [6.45, 7) is 7.39. The second-order valence-electron chi connectivity index (χ2n) is 3.72. The lowest BCUT2D eigenvalue weighted by molar-refractivity contribution is 0.637. The zero-order valence-electron chi connectivity index (χ0n) is 8.75. The summed E-state index contributed by atoms with van der Waals surface area (Å²) in [6.07, 6.45) is 4.20. The minimum absolute atomic E-state index is 0.419. The normalized spacial score (nSPS) is 11.1. The molecule has 1 rings (SSSR count). The molecule has 0 fully saturated rings. The summed E-state index contributed by atoms with van der Waals surface area (Å²) in [5, 5.41) is 0. The number of hydrogen-bond acceptors (Lipinski definition) is 2. The second-order valence-corrected chi connectivity index (χ2v) is 3.72. The Balaban J connectivity index is 2.74. The van der Waals surface area contributed by atoms with Crippen LogP contribution in [0.5, 0.6) is 0 Å². The second kappa shape index (κ2) is 4.30. The van der Waals surface area contributed by atoms with Crippen LogP contribution in [-0.4, -0.2) is 9.55 Å². The lowest BCUT2D eigenvalue weighted by Gasteiger charge is -2.05. The van der Waals surface area contributed by atoms with Crippen LogP contribution in [0.2, 0.25) is 0 Å². The molecule has 0 aliphatic rings. The smallest absolute Gasteiger partial charge is 0.126 e. The molecular weight excluding hydrogens is 162 g/mol. The summed E-state index contributed by atoms with van der Waals surface area (Å²) in [6, 6.07) is 0. The van der Waals surface area contributed by atoms with Gasteiger partial charge in [-0.3, -0.25) is 0 Å². The van der Waals surface area contributed by atoms with Gasteiger partial charge in [0.25, 0.3) is 0 Å². The van der Waals surface area contributed by atoms with Crippen LogP contribution in [0, 0.1) is 0 Å². The molecule has 0 aromatic carbocycles. The van der Waals surface area contributed by atoms with Crippen LogP contribution in [-0.2, 0) is 6.54 Å². The van der Waals surface area contributed by atoms with E-state index in [0.717, 1.165) is 24.5 Å². The summed E-state index contributed by atoms with van der Waals surface area (Å²) in [7, 11) is 0. The highest BCUT2D eigenvalue weighted by molar-refractivity contribution is 5.37. The van der Waals surface area contributed by atoms with Crippen molar-refractivity contribution >= 4 is 5.82 Å². The van der Waals surface area contributed by atoms with Crippen LogP contribution in [0.15, 0.2) is 6.33 Å². The third-order valence-electron chi connectivity index (χ3n) is 2.21. The van der Waals surface area contributed by atoms with Gasteiger partial charge < -0.3 is 10.3 Å². The molecule has 0 aliphatic heterocycles. The number of nitrogen functional groups attached to an aromatic ring is 1. The van der Waals surface area contributed by atoms with Crippen LogP contribution in [0.25, 0.3) is 0 Å². The van der Waals surface area contributed by atoms with Crippen molar-refractivity contribution in [1.82, 2.24) is 9.55 Å². The monoisotopic (exact) mass is 181 g/mol. The molecule has 3 nitrogen and oxygen atoms in total. The van der Waals surface area contributed by atoms with Crippen molar-refractivity contribution in [3.05, 3.63) is 12.0 Å². The van der Waals surface area contributed by atoms with Gasteiger partial charge in [0.2, 0.25) is 0 Å². The van der Waals surface area contributed by atoms with E-state index in [-0.39, 0.29) is 0 Å². The van der Waals surface area contributed by atoms with Crippen LogP contribution in [0.4, 0.5) is 5.82 Å². The Morgan fingerprint density at radius 1 is 1.54 bits per heavy atom. The van der Waals surface area contributed by atoms with Gasteiger partial charge in [-0.05, 0) is 12.3 Å². The van der Waals surface area contributed by atoms with E-state index in [9.17, 15) is 0 Å². The van der Waals surface area contributed by atoms with E-state index in [1.165, 1.54) is 6.42 Å². The van der Waals surface area contributed by atoms with E-state index in [0.29, 0.717) is 5.92 Å². The van der Waals surface area contributed by atoms with Gasteiger partial charge in [-0.2, -0.15) is 0 Å². The lowest BCUT2D eigenvalue weighted by Crippen LogP contribution is -2.03. The Morgan fingerprint density at radius 3 is 2.69 bits per heavy atom. The molecule has 74 valence electrons. The van der Waals surface area contributed by atoms with Gasteiger partial charge in [-0.1, -0.05) is 27.2 Å². The molecule has 1 aromatic rings. The maximum atomic E-state index is 5.95. The topological polar surface area (TPSA) is 43.8 Å². The van der Waals surface area contributed by atoms with Crippen molar-refractivity contribution in [3.8, 4) is 0 Å². The predicted molar refractivity (Wildman–Crippen MR) is 55.6 cm³/mol. The number of rotatable bonds is 4. The number of aryl methyl sites for hydroxylation is 1. The molecule has 1 heterocycles. The molecular formula is C10H19N3. The van der Waals surface area contributed by atoms with E-state index in [4.69, 9.17) is 5.73 Å². The maximum Gasteiger partial charge on any atom is 0.126 e. The Hall–Kier alpha value is -0.990. The third-order valence-corrected chi connectivity index (χ3v) is 2.21. The fraction of sp³-hybridized carbons (Fsp3) is 0.700. The minimum Gasteiger partial charge on any atom is -0.384 e. The van der Waals surface area contributed by atoms with E-state index in [1.54, 1.807) is 0 Å². The first-order valence-corrected chi connectivity index (χ1v) is 4.97. The number of anilines is 1.